The van der Waals surface area contributed by atoms with E-state index in [0.717, 1.165) is 22.3 Å². The normalized spacial score (nSPS) is 10.9. The van der Waals surface area contributed by atoms with Gasteiger partial charge < -0.3 is 30.2 Å². The molecule has 0 unspecified atom stereocenters. The van der Waals surface area contributed by atoms with Crippen LogP contribution in [-0.4, -0.2) is 36.2 Å². The van der Waals surface area contributed by atoms with Crippen molar-refractivity contribution in [1.82, 2.24) is 5.32 Å². The van der Waals surface area contributed by atoms with Crippen molar-refractivity contribution >= 4 is 87.4 Å². The molecule has 4 aromatic carbocycles. The zero-order valence-corrected chi connectivity index (χ0v) is 34.6. The molecule has 296 valence electrons. The maximum absolute atomic E-state index is 12.8. The first-order valence-electron chi connectivity index (χ1n) is 17.5. The van der Waals surface area contributed by atoms with Crippen molar-refractivity contribution in [3.8, 4) is 11.5 Å². The molecule has 0 aliphatic rings. The summed E-state index contributed by atoms with van der Waals surface area (Å²) in [6.07, 6.45) is -0.348. The Morgan fingerprint density at radius 3 is 1.43 bits per heavy atom. The number of nitrogens with one attached hydrogen (secondary N) is 3. The number of halogens is 4. The number of aryl methyl sites for hydroxylation is 2. The molecule has 0 saturated carbocycles. The highest BCUT2D eigenvalue weighted by Crippen LogP contribution is 2.36. The molecule has 0 heterocycles. The Morgan fingerprint density at radius 1 is 0.571 bits per heavy atom. The van der Waals surface area contributed by atoms with E-state index in [1.165, 1.54) is 24.3 Å². The molecular weight excluding hydrogens is 804 g/mol. The minimum Gasteiger partial charge on any atom is -0.486 e. The largest absolute Gasteiger partial charge is 0.486 e. The second-order valence-corrected chi connectivity index (χ2v) is 15.3. The van der Waals surface area contributed by atoms with E-state index in [4.69, 9.17) is 60.6 Å². The number of hydrogen-bond acceptors (Lipinski definition) is 8. The standard InChI is InChI=1S/C41H41Cl4N3O8/c1-21(2)39(51)47-29-9-23(5)7-26(11-29)19-54-37-31(42)13-25(14-32(37)43)15-35(49)56-36(50)18-46-41(53)28-16-33(44)38(34(45)17-28)55-20-27-8-24(6)10-30(12-27)48-40(52)22(3)4/h7-14,16-17,21-22H,15,18-20H2,1-6H3,(H,46,53)(H,47,51)(H,48,52). The Hall–Kier alpha value is -4.81. The number of rotatable bonds is 15. The second-order valence-electron chi connectivity index (χ2n) is 13.6. The van der Waals surface area contributed by atoms with Gasteiger partial charge in [0, 0.05) is 28.8 Å². The molecule has 4 aromatic rings. The summed E-state index contributed by atoms with van der Waals surface area (Å²) >= 11 is 25.7. The van der Waals surface area contributed by atoms with Gasteiger partial charge in [0.15, 0.2) is 11.5 Å². The van der Waals surface area contributed by atoms with Crippen molar-refractivity contribution in [3.05, 3.63) is 114 Å². The van der Waals surface area contributed by atoms with Gasteiger partial charge in [-0.15, -0.1) is 0 Å². The Labute approximate surface area is 345 Å². The predicted octanol–water partition coefficient (Wildman–Crippen LogP) is 9.31. The molecule has 3 amide bonds. The zero-order chi connectivity index (χ0) is 41.3. The van der Waals surface area contributed by atoms with Crippen LogP contribution in [0.2, 0.25) is 20.1 Å². The van der Waals surface area contributed by atoms with Gasteiger partial charge in [0.2, 0.25) is 11.8 Å². The lowest BCUT2D eigenvalue weighted by molar-refractivity contribution is -0.158. The SMILES string of the molecule is Cc1cc(COc2c(Cl)cc(CC(=O)OC(=O)CNC(=O)c3cc(Cl)c(OCc4cc(C)cc(NC(=O)C(C)C)c4)c(Cl)c3)cc2Cl)cc(NC(=O)C(C)C)c1. The van der Waals surface area contributed by atoms with Gasteiger partial charge in [-0.3, -0.25) is 19.2 Å². The lowest BCUT2D eigenvalue weighted by atomic mass is 10.1. The van der Waals surface area contributed by atoms with Crippen LogP contribution in [0.3, 0.4) is 0 Å². The van der Waals surface area contributed by atoms with Crippen LogP contribution in [0.15, 0.2) is 60.7 Å². The summed E-state index contributed by atoms with van der Waals surface area (Å²) in [7, 11) is 0. The minimum atomic E-state index is -1.01. The van der Waals surface area contributed by atoms with Crippen LogP contribution in [-0.2, 0) is 43.5 Å². The first-order valence-corrected chi connectivity index (χ1v) is 19.0. The molecule has 4 rings (SSSR count). The lowest BCUT2D eigenvalue weighted by Crippen LogP contribution is -2.32. The van der Waals surface area contributed by atoms with Crippen LogP contribution in [0.5, 0.6) is 11.5 Å². The molecule has 0 aliphatic carbocycles. The Balaban J connectivity index is 1.28. The highest BCUT2D eigenvalue weighted by atomic mass is 35.5. The van der Waals surface area contributed by atoms with Crippen LogP contribution < -0.4 is 25.4 Å². The van der Waals surface area contributed by atoms with Crippen LogP contribution in [0.1, 0.15) is 65.9 Å². The van der Waals surface area contributed by atoms with E-state index in [-0.39, 0.29) is 80.4 Å². The minimum absolute atomic E-state index is 0.0352. The van der Waals surface area contributed by atoms with Crippen molar-refractivity contribution < 1.29 is 38.2 Å². The molecule has 56 heavy (non-hydrogen) atoms. The summed E-state index contributed by atoms with van der Waals surface area (Å²) in [5.74, 6) is -2.90. The van der Waals surface area contributed by atoms with Crippen molar-refractivity contribution in [2.75, 3.05) is 17.2 Å². The molecule has 15 heteroatoms. The monoisotopic (exact) mass is 843 g/mol. The molecule has 0 atom stereocenters. The zero-order valence-electron chi connectivity index (χ0n) is 31.5. The number of ether oxygens (including phenoxy) is 3. The van der Waals surface area contributed by atoms with E-state index in [2.05, 4.69) is 16.0 Å². The van der Waals surface area contributed by atoms with Gasteiger partial charge in [0.1, 0.15) is 19.8 Å². The van der Waals surface area contributed by atoms with Crippen LogP contribution in [0.4, 0.5) is 11.4 Å². The number of benzene rings is 4. The Bertz CT molecular complexity index is 2110. The quantitative estimate of drug-likeness (QED) is 0.0792. The number of carbonyl (C=O) groups excluding carboxylic acids is 5. The molecule has 0 aromatic heterocycles. The topological polar surface area (TPSA) is 149 Å². The van der Waals surface area contributed by atoms with E-state index in [9.17, 15) is 24.0 Å². The molecule has 0 saturated heterocycles. The van der Waals surface area contributed by atoms with Crippen LogP contribution >= 0.6 is 46.4 Å². The number of esters is 2. The molecule has 0 bridgehead atoms. The van der Waals surface area contributed by atoms with Gasteiger partial charge in [0.05, 0.1) is 26.5 Å². The van der Waals surface area contributed by atoms with E-state index < -0.39 is 24.4 Å². The number of amides is 3. The first-order chi connectivity index (χ1) is 26.4. The molecule has 0 radical (unpaired) electrons. The smallest absolute Gasteiger partial charge is 0.333 e. The summed E-state index contributed by atoms with van der Waals surface area (Å²) in [5.41, 5.74) is 5.00. The molecule has 0 fully saturated rings. The number of anilines is 2. The molecular formula is C41H41Cl4N3O8. The van der Waals surface area contributed by atoms with Gasteiger partial charge in [0.25, 0.3) is 5.91 Å². The average molecular weight is 846 g/mol. The van der Waals surface area contributed by atoms with Crippen LogP contribution in [0, 0.1) is 25.7 Å². The van der Waals surface area contributed by atoms with Gasteiger partial charge in [-0.25, -0.2) is 4.79 Å². The van der Waals surface area contributed by atoms with E-state index in [0.29, 0.717) is 16.9 Å². The van der Waals surface area contributed by atoms with E-state index in [1.54, 1.807) is 39.8 Å². The number of hydrogen-bond donors (Lipinski definition) is 3. The average Bonchev–Trinajstić information content (AvgIpc) is 3.09. The van der Waals surface area contributed by atoms with Gasteiger partial charge in [-0.2, -0.15) is 0 Å². The van der Waals surface area contributed by atoms with Crippen molar-refractivity contribution in [3.63, 3.8) is 0 Å². The highest BCUT2D eigenvalue weighted by Gasteiger charge is 2.19. The summed E-state index contributed by atoms with van der Waals surface area (Å²) in [6, 6.07) is 16.6. The van der Waals surface area contributed by atoms with Gasteiger partial charge >= 0.3 is 11.9 Å². The Morgan fingerprint density at radius 2 is 1.00 bits per heavy atom. The lowest BCUT2D eigenvalue weighted by Gasteiger charge is -2.14. The molecule has 11 nitrogen and oxygen atoms in total. The first kappa shape index (κ1) is 43.9. The third kappa shape index (κ3) is 12.9. The maximum atomic E-state index is 12.8. The van der Waals surface area contributed by atoms with Crippen molar-refractivity contribution in [1.29, 1.82) is 0 Å². The molecule has 3 N–H and O–H groups in total. The fourth-order valence-corrected chi connectivity index (χ4v) is 6.46. The number of carbonyl (C=O) groups is 5. The highest BCUT2D eigenvalue weighted by molar-refractivity contribution is 6.38. The fraction of sp³-hybridized carbons (Fsp3) is 0.293. The summed E-state index contributed by atoms with van der Waals surface area (Å²) in [6.45, 7) is 10.5. The maximum Gasteiger partial charge on any atom is 0.333 e. The summed E-state index contributed by atoms with van der Waals surface area (Å²) in [5, 5.41) is 8.46. The third-order valence-corrected chi connectivity index (χ3v) is 9.04. The molecule has 0 aliphatic heterocycles. The van der Waals surface area contributed by atoms with Crippen LogP contribution in [0.25, 0.3) is 0 Å². The van der Waals surface area contributed by atoms with Crippen molar-refractivity contribution in [2.24, 2.45) is 11.8 Å². The predicted molar refractivity (Wildman–Crippen MR) is 218 cm³/mol. The summed E-state index contributed by atoms with van der Waals surface area (Å²) in [4.78, 5) is 62.1. The third-order valence-electron chi connectivity index (χ3n) is 7.91. The van der Waals surface area contributed by atoms with Gasteiger partial charge in [-0.05, 0) is 90.2 Å². The second kappa shape index (κ2) is 19.9. The molecule has 0 spiro atoms. The van der Waals surface area contributed by atoms with E-state index in [1.807, 2.05) is 38.1 Å². The van der Waals surface area contributed by atoms with E-state index >= 15 is 0 Å². The fourth-order valence-electron chi connectivity index (χ4n) is 5.22. The van der Waals surface area contributed by atoms with Gasteiger partial charge in [-0.1, -0.05) is 86.2 Å². The Kier molecular flexibility index (Phi) is 15.6. The van der Waals surface area contributed by atoms with Crippen molar-refractivity contribution in [2.45, 2.75) is 61.2 Å². The summed E-state index contributed by atoms with van der Waals surface area (Å²) < 4.78 is 16.6.